The third kappa shape index (κ3) is 5.51. The van der Waals surface area contributed by atoms with Gasteiger partial charge in [0.2, 0.25) is 21.9 Å². The Morgan fingerprint density at radius 1 is 1.06 bits per heavy atom. The number of hydrogen-bond donors (Lipinski definition) is 1. The lowest BCUT2D eigenvalue weighted by molar-refractivity contribution is 0.0908. The van der Waals surface area contributed by atoms with Crippen molar-refractivity contribution in [3.8, 4) is 17.4 Å². The summed E-state index contributed by atoms with van der Waals surface area (Å²) in [5, 5.41) is 11.9. The van der Waals surface area contributed by atoms with Crippen LogP contribution in [0.4, 0.5) is 5.95 Å². The van der Waals surface area contributed by atoms with Crippen molar-refractivity contribution in [1.82, 2.24) is 34.5 Å². The van der Waals surface area contributed by atoms with E-state index in [9.17, 15) is 8.42 Å². The van der Waals surface area contributed by atoms with E-state index in [2.05, 4.69) is 30.0 Å². The number of aromatic nitrogens is 7. The number of nitrogens with zero attached hydrogens (tertiary/aromatic N) is 7. The van der Waals surface area contributed by atoms with Crippen LogP contribution < -0.4 is 9.46 Å². The minimum Gasteiger partial charge on any atom is -0.480 e. The molecule has 0 aliphatic rings. The predicted molar refractivity (Wildman–Crippen MR) is 124 cm³/mol. The Kier molecular flexibility index (Phi) is 8.17. The summed E-state index contributed by atoms with van der Waals surface area (Å²) < 4.78 is 48.2. The van der Waals surface area contributed by atoms with Crippen LogP contribution in [0.2, 0.25) is 0 Å². The standard InChI is InChI=1S/C20H30N8O5S/c1-13(17-9-22-18(33-6)10-21-17)14(2)34(29,30)26-20-24-23-19(16-7-8-27(3)25-16)28(20)15(11-31-4)12-32-5/h7-10,13-15H,11-12H2,1-6H3,(H,24,26)/t13-,14-/m0/s1. The fourth-order valence-electron chi connectivity index (χ4n) is 3.39. The number of methoxy groups -OCH3 is 3. The van der Waals surface area contributed by atoms with Crippen LogP contribution in [-0.4, -0.2) is 82.7 Å². The average molecular weight is 495 g/mol. The Bertz CT molecular complexity index is 1170. The molecule has 0 bridgehead atoms. The van der Waals surface area contributed by atoms with Crippen LogP contribution in [0.5, 0.6) is 5.88 Å². The largest absolute Gasteiger partial charge is 0.480 e. The number of sulfonamides is 1. The molecule has 0 saturated heterocycles. The molecule has 0 aliphatic carbocycles. The Balaban J connectivity index is 1.95. The number of hydrogen-bond acceptors (Lipinski definition) is 10. The molecular formula is C20H30N8O5S. The maximum atomic E-state index is 13.3. The lowest BCUT2D eigenvalue weighted by Gasteiger charge is -2.23. The summed E-state index contributed by atoms with van der Waals surface area (Å²) >= 11 is 0. The molecular weight excluding hydrogens is 464 g/mol. The van der Waals surface area contributed by atoms with Crippen LogP contribution in [-0.2, 0) is 26.5 Å². The van der Waals surface area contributed by atoms with Crippen LogP contribution in [0.15, 0.2) is 24.7 Å². The number of nitrogens with one attached hydrogen (secondary N) is 1. The molecule has 0 unspecified atom stereocenters. The molecule has 0 aliphatic heterocycles. The Morgan fingerprint density at radius 2 is 1.76 bits per heavy atom. The molecule has 0 amide bonds. The van der Waals surface area contributed by atoms with Gasteiger partial charge in [-0.1, -0.05) is 6.92 Å². The second kappa shape index (κ2) is 10.9. The summed E-state index contributed by atoms with van der Waals surface area (Å²) in [5.41, 5.74) is 1.05. The Labute approximate surface area is 198 Å². The summed E-state index contributed by atoms with van der Waals surface area (Å²) in [5.74, 6) is 0.317. The highest BCUT2D eigenvalue weighted by Crippen LogP contribution is 2.28. The van der Waals surface area contributed by atoms with Gasteiger partial charge >= 0.3 is 0 Å². The topological polar surface area (TPSA) is 148 Å². The van der Waals surface area contributed by atoms with Crippen molar-refractivity contribution in [2.45, 2.75) is 31.1 Å². The second-order valence-corrected chi connectivity index (χ2v) is 9.82. The van der Waals surface area contributed by atoms with E-state index < -0.39 is 27.2 Å². The minimum atomic E-state index is -3.91. The van der Waals surface area contributed by atoms with Gasteiger partial charge in [-0.3, -0.25) is 19.0 Å². The molecule has 0 aromatic carbocycles. The molecule has 3 aromatic heterocycles. The first-order valence-electron chi connectivity index (χ1n) is 10.5. The second-order valence-electron chi connectivity index (χ2n) is 7.78. The van der Waals surface area contributed by atoms with Crippen LogP contribution in [0.25, 0.3) is 11.5 Å². The molecule has 3 rings (SSSR count). The van der Waals surface area contributed by atoms with Crippen molar-refractivity contribution in [3.05, 3.63) is 30.4 Å². The summed E-state index contributed by atoms with van der Waals surface area (Å²) in [6, 6.07) is 1.36. The first-order valence-corrected chi connectivity index (χ1v) is 12.1. The Hall–Kier alpha value is -3.10. The number of anilines is 1. The smallest absolute Gasteiger partial charge is 0.239 e. The fraction of sp³-hybridized carbons (Fsp3) is 0.550. The van der Waals surface area contributed by atoms with Crippen LogP contribution in [0.1, 0.15) is 31.5 Å². The number of rotatable bonds is 12. The summed E-state index contributed by atoms with van der Waals surface area (Å²) in [4.78, 5) is 8.40. The molecule has 34 heavy (non-hydrogen) atoms. The third-order valence-electron chi connectivity index (χ3n) is 5.47. The van der Waals surface area contributed by atoms with Gasteiger partial charge in [-0.2, -0.15) is 5.10 Å². The zero-order chi connectivity index (χ0) is 24.9. The van der Waals surface area contributed by atoms with E-state index in [1.54, 1.807) is 56.6 Å². The molecule has 0 spiro atoms. The molecule has 3 aromatic rings. The van der Waals surface area contributed by atoms with Crippen molar-refractivity contribution in [2.75, 3.05) is 39.3 Å². The van der Waals surface area contributed by atoms with Gasteiger partial charge < -0.3 is 14.2 Å². The van der Waals surface area contributed by atoms with Crippen molar-refractivity contribution < 1.29 is 22.6 Å². The molecule has 3 heterocycles. The van der Waals surface area contributed by atoms with E-state index in [1.807, 2.05) is 0 Å². The van der Waals surface area contributed by atoms with Crippen molar-refractivity contribution >= 4 is 16.0 Å². The third-order valence-corrected chi connectivity index (χ3v) is 7.33. The van der Waals surface area contributed by atoms with Crippen LogP contribution in [0.3, 0.4) is 0 Å². The molecule has 13 nitrogen and oxygen atoms in total. The summed E-state index contributed by atoms with van der Waals surface area (Å²) in [6.45, 7) is 3.85. The number of aryl methyl sites for hydroxylation is 1. The van der Waals surface area contributed by atoms with E-state index in [4.69, 9.17) is 14.2 Å². The zero-order valence-corrected chi connectivity index (χ0v) is 20.9. The maximum absolute atomic E-state index is 13.3. The van der Waals surface area contributed by atoms with Crippen LogP contribution >= 0.6 is 0 Å². The molecule has 0 fully saturated rings. The van der Waals surface area contributed by atoms with Crippen molar-refractivity contribution in [3.63, 3.8) is 0 Å². The minimum absolute atomic E-state index is 0.0413. The summed E-state index contributed by atoms with van der Waals surface area (Å²) in [7, 11) is 2.46. The molecule has 0 radical (unpaired) electrons. The number of ether oxygens (including phenoxy) is 3. The van der Waals surface area contributed by atoms with E-state index in [0.29, 0.717) is 23.1 Å². The normalized spacial score (nSPS) is 13.7. The molecule has 2 atom stereocenters. The van der Waals surface area contributed by atoms with Gasteiger partial charge in [0.1, 0.15) is 5.69 Å². The summed E-state index contributed by atoms with van der Waals surface area (Å²) in [6.07, 6.45) is 4.72. The highest BCUT2D eigenvalue weighted by molar-refractivity contribution is 7.93. The molecule has 186 valence electrons. The monoisotopic (exact) mass is 494 g/mol. The zero-order valence-electron chi connectivity index (χ0n) is 20.0. The van der Waals surface area contributed by atoms with E-state index in [-0.39, 0.29) is 19.2 Å². The van der Waals surface area contributed by atoms with Gasteiger partial charge in [-0.05, 0) is 13.0 Å². The van der Waals surface area contributed by atoms with Gasteiger partial charge in [0.25, 0.3) is 0 Å². The van der Waals surface area contributed by atoms with Crippen molar-refractivity contribution in [2.24, 2.45) is 7.05 Å². The molecule has 14 heteroatoms. The highest BCUT2D eigenvalue weighted by atomic mass is 32.2. The van der Waals surface area contributed by atoms with Gasteiger partial charge in [-0.25, -0.2) is 13.4 Å². The lowest BCUT2D eigenvalue weighted by atomic mass is 10.1. The highest BCUT2D eigenvalue weighted by Gasteiger charge is 2.32. The van der Waals surface area contributed by atoms with Gasteiger partial charge in [0.05, 0.1) is 49.7 Å². The Morgan fingerprint density at radius 3 is 2.29 bits per heavy atom. The first-order chi connectivity index (χ1) is 16.2. The SMILES string of the molecule is COCC(COC)n1c(NS(=O)(=O)[C@@H](C)[C@H](C)c2cnc(OC)cn2)nnc1-c1ccn(C)n1. The van der Waals surface area contributed by atoms with Crippen LogP contribution in [0, 0.1) is 0 Å². The maximum Gasteiger partial charge on any atom is 0.239 e. The van der Waals surface area contributed by atoms with Gasteiger partial charge in [-0.15, -0.1) is 10.2 Å². The van der Waals surface area contributed by atoms with E-state index >= 15 is 0 Å². The van der Waals surface area contributed by atoms with E-state index in [1.165, 1.54) is 19.5 Å². The predicted octanol–water partition coefficient (Wildman–Crippen LogP) is 1.24. The quantitative estimate of drug-likeness (QED) is 0.390. The average Bonchev–Trinajstić information content (AvgIpc) is 3.43. The van der Waals surface area contributed by atoms with E-state index in [0.717, 1.165) is 0 Å². The first kappa shape index (κ1) is 25.5. The van der Waals surface area contributed by atoms with Gasteiger partial charge in [0, 0.05) is 33.4 Å². The fourth-order valence-corrected chi connectivity index (χ4v) is 4.65. The molecule has 0 saturated carbocycles. The molecule has 1 N–H and O–H groups in total. The van der Waals surface area contributed by atoms with Gasteiger partial charge in [0.15, 0.2) is 5.82 Å². The van der Waals surface area contributed by atoms with Crippen molar-refractivity contribution in [1.29, 1.82) is 0 Å². The lowest BCUT2D eigenvalue weighted by Crippen LogP contribution is -2.32.